The molecule has 0 radical (unpaired) electrons. The number of carbonyl (C=O) groups excluding carboxylic acids is 1. The zero-order chi connectivity index (χ0) is 29.3. The predicted octanol–water partition coefficient (Wildman–Crippen LogP) is 7.16. The lowest BCUT2D eigenvalue weighted by Gasteiger charge is -2.36. The van der Waals surface area contributed by atoms with Crippen LogP contribution < -0.4 is 9.64 Å². The molecule has 2 aliphatic heterocycles. The van der Waals surface area contributed by atoms with Crippen molar-refractivity contribution in [2.75, 3.05) is 31.6 Å². The Morgan fingerprint density at radius 2 is 1.95 bits per heavy atom. The third-order valence-electron chi connectivity index (χ3n) is 8.27. The number of piperidine rings is 1. The quantitative estimate of drug-likeness (QED) is 0.310. The molecule has 1 saturated heterocycles. The van der Waals surface area contributed by atoms with Gasteiger partial charge in [0.05, 0.1) is 11.8 Å². The number of amides is 1. The van der Waals surface area contributed by atoms with Crippen LogP contribution in [0.2, 0.25) is 0 Å². The molecule has 7 nitrogen and oxygen atoms in total. The molecule has 1 aromatic heterocycles. The first-order chi connectivity index (χ1) is 19.5. The van der Waals surface area contributed by atoms with Crippen molar-refractivity contribution in [3.8, 4) is 17.0 Å². The first kappa shape index (κ1) is 29.4. The molecule has 2 aliphatic rings. The summed E-state index contributed by atoms with van der Waals surface area (Å²) in [4.78, 5) is 21.8. The lowest BCUT2D eigenvalue weighted by molar-refractivity contribution is 0.0223. The molecular formula is C33H43N3O4S. The Hall–Kier alpha value is -3.10. The van der Waals surface area contributed by atoms with Crippen LogP contribution in [-0.2, 0) is 29.0 Å². The summed E-state index contributed by atoms with van der Waals surface area (Å²) in [5.74, 6) is 1.43. The molecule has 8 heteroatoms. The third-order valence-corrected chi connectivity index (χ3v) is 9.17. The zero-order valence-electron chi connectivity index (χ0n) is 25.5. The van der Waals surface area contributed by atoms with Crippen molar-refractivity contribution in [1.82, 2.24) is 9.88 Å². The number of aromatic nitrogens is 1. The molecule has 0 aliphatic carbocycles. The number of rotatable bonds is 6. The van der Waals surface area contributed by atoms with E-state index < -0.39 is 5.60 Å². The Labute approximate surface area is 248 Å². The van der Waals surface area contributed by atoms with E-state index in [4.69, 9.17) is 19.2 Å². The summed E-state index contributed by atoms with van der Waals surface area (Å²) in [7, 11) is 1.80. The average molecular weight is 578 g/mol. The largest absolute Gasteiger partial charge is 0.488 e. The fraction of sp³-hybridized carbons (Fsp3) is 0.515. The number of nitrogens with zero attached hydrogens (tertiary/aromatic N) is 3. The van der Waals surface area contributed by atoms with E-state index in [1.807, 2.05) is 20.8 Å². The van der Waals surface area contributed by atoms with Crippen molar-refractivity contribution in [1.29, 1.82) is 0 Å². The summed E-state index contributed by atoms with van der Waals surface area (Å²) in [6, 6.07) is 10.5. The number of fused-ring (bicyclic) bond motifs is 1. The summed E-state index contributed by atoms with van der Waals surface area (Å²) in [6.07, 6.45) is 1.89. The maximum absolute atomic E-state index is 12.6. The van der Waals surface area contributed by atoms with Crippen LogP contribution in [0.4, 0.5) is 9.93 Å². The summed E-state index contributed by atoms with van der Waals surface area (Å²) in [5, 5.41) is 3.17. The maximum Gasteiger partial charge on any atom is 0.410 e. The topological polar surface area (TPSA) is 64.1 Å². The van der Waals surface area contributed by atoms with Gasteiger partial charge in [-0.25, -0.2) is 9.78 Å². The normalized spacial score (nSPS) is 19.2. The average Bonchev–Trinajstić information content (AvgIpc) is 3.42. The number of anilines is 1. The molecule has 0 saturated carbocycles. The van der Waals surface area contributed by atoms with Crippen LogP contribution in [-0.4, -0.2) is 54.4 Å². The standard InChI is InChI=1S/C33H43N3O4S/c1-21-13-15-35(18-29(21)38-7)31-34-28(20-41-31)27-10-8-9-22(2)30(27)39-19-25-12-11-24-17-36(16-14-26(24)23(25)3)32(37)40-33(4,5)6/h8-12,20-21,29H,13-19H2,1-7H3/t21-,29+/m0/s1. The highest BCUT2D eigenvalue weighted by Gasteiger charge is 2.29. The van der Waals surface area contributed by atoms with Gasteiger partial charge >= 0.3 is 6.09 Å². The van der Waals surface area contributed by atoms with Crippen LogP contribution in [0.1, 0.15) is 61.9 Å². The Morgan fingerprint density at radius 3 is 2.71 bits per heavy atom. The van der Waals surface area contributed by atoms with Crippen LogP contribution >= 0.6 is 11.3 Å². The summed E-state index contributed by atoms with van der Waals surface area (Å²) < 4.78 is 17.9. The van der Waals surface area contributed by atoms with Crippen LogP contribution in [0.3, 0.4) is 0 Å². The molecule has 1 amide bonds. The van der Waals surface area contributed by atoms with Gasteiger partial charge in [0.2, 0.25) is 0 Å². The van der Waals surface area contributed by atoms with Gasteiger partial charge in [-0.05, 0) is 87.3 Å². The highest BCUT2D eigenvalue weighted by Crippen LogP contribution is 2.37. The molecule has 5 rings (SSSR count). The lowest BCUT2D eigenvalue weighted by atomic mass is 9.92. The number of benzene rings is 2. The molecule has 3 heterocycles. The highest BCUT2D eigenvalue weighted by molar-refractivity contribution is 7.14. The van der Waals surface area contributed by atoms with Crippen LogP contribution in [0, 0.1) is 19.8 Å². The number of hydrogen-bond donors (Lipinski definition) is 0. The second-order valence-corrected chi connectivity index (χ2v) is 13.2. The van der Waals surface area contributed by atoms with Gasteiger partial charge in [-0.3, -0.25) is 0 Å². The number of thiazole rings is 1. The van der Waals surface area contributed by atoms with Crippen LogP contribution in [0.25, 0.3) is 11.3 Å². The minimum Gasteiger partial charge on any atom is -0.488 e. The van der Waals surface area contributed by atoms with Gasteiger partial charge in [0.1, 0.15) is 18.0 Å². The molecule has 0 spiro atoms. The van der Waals surface area contributed by atoms with Crippen molar-refractivity contribution in [3.63, 3.8) is 0 Å². The van der Waals surface area contributed by atoms with E-state index in [1.54, 1.807) is 23.3 Å². The molecule has 0 bridgehead atoms. The minimum atomic E-state index is -0.498. The maximum atomic E-state index is 12.6. The van der Waals surface area contributed by atoms with Crippen molar-refractivity contribution in [2.45, 2.75) is 79.2 Å². The van der Waals surface area contributed by atoms with E-state index in [2.05, 4.69) is 61.4 Å². The monoisotopic (exact) mass is 577 g/mol. The molecular weight excluding hydrogens is 534 g/mol. The number of carbonyl (C=O) groups is 1. The fourth-order valence-corrected chi connectivity index (χ4v) is 6.63. The molecule has 41 heavy (non-hydrogen) atoms. The zero-order valence-corrected chi connectivity index (χ0v) is 26.3. The fourth-order valence-electron chi connectivity index (χ4n) is 5.77. The summed E-state index contributed by atoms with van der Waals surface area (Å²) in [6.45, 7) is 15.8. The van der Waals surface area contributed by atoms with E-state index in [9.17, 15) is 4.79 Å². The molecule has 3 aromatic rings. The predicted molar refractivity (Wildman–Crippen MR) is 165 cm³/mol. The lowest BCUT2D eigenvalue weighted by Crippen LogP contribution is -2.43. The first-order valence-electron chi connectivity index (χ1n) is 14.6. The Balaban J connectivity index is 1.30. The number of aryl methyl sites for hydroxylation is 1. The van der Waals surface area contributed by atoms with Gasteiger partial charge in [0.25, 0.3) is 0 Å². The molecule has 0 N–H and O–H groups in total. The molecule has 1 fully saturated rings. The van der Waals surface area contributed by atoms with E-state index in [0.29, 0.717) is 25.6 Å². The molecule has 2 atom stereocenters. The second-order valence-electron chi connectivity index (χ2n) is 12.4. The Bertz CT molecular complexity index is 1400. The van der Waals surface area contributed by atoms with E-state index in [1.165, 1.54) is 16.7 Å². The molecule has 220 valence electrons. The number of methoxy groups -OCH3 is 1. The SMILES string of the molecule is CO[C@@H]1CN(c2nc(-c3cccc(C)c3OCc3ccc4c(c3C)CCN(C(=O)OC(C)(C)C)C4)cs2)CC[C@@H]1C. The third kappa shape index (κ3) is 6.54. The van der Waals surface area contributed by atoms with E-state index in [-0.39, 0.29) is 12.2 Å². The number of hydrogen-bond acceptors (Lipinski definition) is 7. The van der Waals surface area contributed by atoms with Gasteiger partial charge in [-0.1, -0.05) is 31.2 Å². The van der Waals surface area contributed by atoms with Crippen LogP contribution in [0.5, 0.6) is 5.75 Å². The van der Waals surface area contributed by atoms with Crippen molar-refractivity contribution in [2.24, 2.45) is 5.92 Å². The van der Waals surface area contributed by atoms with Crippen LogP contribution in [0.15, 0.2) is 35.7 Å². The van der Waals surface area contributed by atoms with Gasteiger partial charge in [-0.2, -0.15) is 0 Å². The number of ether oxygens (including phenoxy) is 3. The Kier molecular flexibility index (Phi) is 8.62. The first-order valence-corrected chi connectivity index (χ1v) is 15.5. The van der Waals surface area contributed by atoms with Crippen molar-refractivity contribution >= 4 is 22.6 Å². The van der Waals surface area contributed by atoms with E-state index >= 15 is 0 Å². The summed E-state index contributed by atoms with van der Waals surface area (Å²) >= 11 is 1.68. The molecule has 0 unspecified atom stereocenters. The number of para-hydroxylation sites is 1. The molecule has 2 aromatic carbocycles. The second kappa shape index (κ2) is 12.0. The van der Waals surface area contributed by atoms with Gasteiger partial charge < -0.3 is 24.0 Å². The minimum absolute atomic E-state index is 0.231. The van der Waals surface area contributed by atoms with Crippen molar-refractivity contribution < 1.29 is 19.0 Å². The van der Waals surface area contributed by atoms with E-state index in [0.717, 1.165) is 59.2 Å². The van der Waals surface area contributed by atoms with Gasteiger partial charge in [0, 0.05) is 44.2 Å². The summed E-state index contributed by atoms with van der Waals surface area (Å²) in [5.41, 5.74) is 7.45. The highest BCUT2D eigenvalue weighted by atomic mass is 32.1. The van der Waals surface area contributed by atoms with Gasteiger partial charge in [0.15, 0.2) is 5.13 Å². The van der Waals surface area contributed by atoms with Gasteiger partial charge in [-0.15, -0.1) is 11.3 Å². The van der Waals surface area contributed by atoms with Crippen molar-refractivity contribution in [3.05, 3.63) is 63.5 Å². The Morgan fingerprint density at radius 1 is 1.15 bits per heavy atom. The smallest absolute Gasteiger partial charge is 0.410 e.